The Labute approximate surface area is 139 Å². The summed E-state index contributed by atoms with van der Waals surface area (Å²) in [6, 6.07) is 3.65. The van der Waals surface area contributed by atoms with Crippen LogP contribution in [0.2, 0.25) is 0 Å². The standard InChI is InChI=1S/C15H18N2O6S/c1-4-13-12(9(2)23-17-13)8-16-24(20,21)10-5-6-14(22-3)11(7-10)15(18)19/h5-7,16H,4,8H2,1-3H3,(H,18,19). The quantitative estimate of drug-likeness (QED) is 0.777. The summed E-state index contributed by atoms with van der Waals surface area (Å²) < 4.78 is 37.3. The molecule has 0 saturated heterocycles. The lowest BCUT2D eigenvalue weighted by Crippen LogP contribution is -2.24. The molecule has 0 bridgehead atoms. The van der Waals surface area contributed by atoms with E-state index in [1.54, 1.807) is 6.92 Å². The van der Waals surface area contributed by atoms with E-state index >= 15 is 0 Å². The van der Waals surface area contributed by atoms with E-state index in [0.717, 1.165) is 6.07 Å². The van der Waals surface area contributed by atoms with E-state index in [9.17, 15) is 13.2 Å². The highest BCUT2D eigenvalue weighted by molar-refractivity contribution is 7.89. The summed E-state index contributed by atoms with van der Waals surface area (Å²) in [6.45, 7) is 3.60. The van der Waals surface area contributed by atoms with Crippen LogP contribution in [0.3, 0.4) is 0 Å². The Morgan fingerprint density at radius 1 is 1.42 bits per heavy atom. The minimum atomic E-state index is -3.90. The third-order valence-corrected chi connectivity index (χ3v) is 4.95. The third-order valence-electron chi connectivity index (χ3n) is 3.55. The van der Waals surface area contributed by atoms with Gasteiger partial charge in [0, 0.05) is 12.1 Å². The summed E-state index contributed by atoms with van der Waals surface area (Å²) >= 11 is 0. The molecule has 0 aliphatic carbocycles. The zero-order chi connectivity index (χ0) is 17.9. The molecule has 0 aliphatic rings. The zero-order valence-corrected chi connectivity index (χ0v) is 14.3. The number of hydrogen-bond donors (Lipinski definition) is 2. The lowest BCUT2D eigenvalue weighted by atomic mass is 10.1. The van der Waals surface area contributed by atoms with Crippen LogP contribution >= 0.6 is 0 Å². The highest BCUT2D eigenvalue weighted by Gasteiger charge is 2.21. The van der Waals surface area contributed by atoms with Crippen LogP contribution in [0.25, 0.3) is 0 Å². The van der Waals surface area contributed by atoms with Gasteiger partial charge in [-0.25, -0.2) is 17.9 Å². The number of rotatable bonds is 7. The molecule has 1 aromatic heterocycles. The van der Waals surface area contributed by atoms with Gasteiger partial charge in [-0.15, -0.1) is 0 Å². The topological polar surface area (TPSA) is 119 Å². The second-order valence-electron chi connectivity index (χ2n) is 5.01. The van der Waals surface area contributed by atoms with Gasteiger partial charge in [0.2, 0.25) is 10.0 Å². The van der Waals surface area contributed by atoms with Crippen molar-refractivity contribution < 1.29 is 27.6 Å². The fourth-order valence-corrected chi connectivity index (χ4v) is 3.23. The molecule has 9 heteroatoms. The van der Waals surface area contributed by atoms with Crippen molar-refractivity contribution in [2.24, 2.45) is 0 Å². The zero-order valence-electron chi connectivity index (χ0n) is 13.5. The van der Waals surface area contributed by atoms with Crippen molar-refractivity contribution in [2.75, 3.05) is 7.11 Å². The predicted molar refractivity (Wildman–Crippen MR) is 84.6 cm³/mol. The van der Waals surface area contributed by atoms with E-state index < -0.39 is 16.0 Å². The van der Waals surface area contributed by atoms with Crippen LogP contribution in [0.1, 0.15) is 34.3 Å². The van der Waals surface area contributed by atoms with Gasteiger partial charge in [0.1, 0.15) is 17.1 Å². The van der Waals surface area contributed by atoms with Crippen LogP contribution in [0, 0.1) is 6.92 Å². The molecule has 2 aromatic rings. The van der Waals surface area contributed by atoms with Crippen molar-refractivity contribution in [1.82, 2.24) is 9.88 Å². The summed E-state index contributed by atoms with van der Waals surface area (Å²) in [6.07, 6.45) is 0.611. The van der Waals surface area contributed by atoms with E-state index in [-0.39, 0.29) is 22.8 Å². The number of aromatic nitrogens is 1. The molecule has 1 heterocycles. The monoisotopic (exact) mass is 354 g/mol. The van der Waals surface area contributed by atoms with Crippen LogP contribution in [0.5, 0.6) is 5.75 Å². The molecule has 2 rings (SSSR count). The van der Waals surface area contributed by atoms with Crippen LogP contribution in [0.15, 0.2) is 27.6 Å². The Balaban J connectivity index is 2.29. The third kappa shape index (κ3) is 3.57. The van der Waals surface area contributed by atoms with E-state index in [4.69, 9.17) is 14.4 Å². The van der Waals surface area contributed by atoms with E-state index in [1.165, 1.54) is 19.2 Å². The van der Waals surface area contributed by atoms with Crippen molar-refractivity contribution in [3.8, 4) is 5.75 Å². The number of nitrogens with zero attached hydrogens (tertiary/aromatic N) is 1. The number of nitrogens with one attached hydrogen (secondary N) is 1. The molecular weight excluding hydrogens is 336 g/mol. The maximum absolute atomic E-state index is 12.4. The van der Waals surface area contributed by atoms with Crippen LogP contribution in [0.4, 0.5) is 0 Å². The van der Waals surface area contributed by atoms with Crippen molar-refractivity contribution in [2.45, 2.75) is 31.7 Å². The Kier molecular flexibility index (Phi) is 5.25. The Morgan fingerprint density at radius 3 is 2.71 bits per heavy atom. The molecule has 0 saturated carbocycles. The van der Waals surface area contributed by atoms with Crippen molar-refractivity contribution in [3.05, 3.63) is 40.8 Å². The molecular formula is C15H18N2O6S. The molecule has 0 amide bonds. The minimum absolute atomic E-state index is 0.00920. The number of ether oxygens (including phenoxy) is 1. The Morgan fingerprint density at radius 2 is 2.12 bits per heavy atom. The normalized spacial score (nSPS) is 11.5. The maximum atomic E-state index is 12.4. The molecule has 0 aliphatic heterocycles. The average molecular weight is 354 g/mol. The van der Waals surface area contributed by atoms with Gasteiger partial charge in [-0.3, -0.25) is 0 Å². The van der Waals surface area contributed by atoms with E-state index in [2.05, 4.69) is 9.88 Å². The summed E-state index contributed by atoms with van der Waals surface area (Å²) in [4.78, 5) is 11.1. The van der Waals surface area contributed by atoms with Gasteiger partial charge >= 0.3 is 5.97 Å². The van der Waals surface area contributed by atoms with Gasteiger partial charge in [0.05, 0.1) is 17.7 Å². The first kappa shape index (κ1) is 18.0. The summed E-state index contributed by atoms with van der Waals surface area (Å²) in [5, 5.41) is 13.0. The van der Waals surface area contributed by atoms with Crippen LogP contribution in [-0.2, 0) is 23.0 Å². The number of benzene rings is 1. The molecule has 0 radical (unpaired) electrons. The molecule has 0 atom stereocenters. The van der Waals surface area contributed by atoms with Gasteiger partial charge in [-0.1, -0.05) is 12.1 Å². The highest BCUT2D eigenvalue weighted by Crippen LogP contribution is 2.23. The SMILES string of the molecule is CCc1noc(C)c1CNS(=O)(=O)c1ccc(OC)c(C(=O)O)c1. The van der Waals surface area contributed by atoms with Crippen LogP contribution in [-0.4, -0.2) is 31.8 Å². The first-order valence-corrected chi connectivity index (χ1v) is 8.63. The van der Waals surface area contributed by atoms with Crippen molar-refractivity contribution >= 4 is 16.0 Å². The number of carboxylic acid groups (broad SMARTS) is 1. The van der Waals surface area contributed by atoms with Gasteiger partial charge in [0.25, 0.3) is 0 Å². The largest absolute Gasteiger partial charge is 0.496 e. The number of carbonyl (C=O) groups is 1. The number of aromatic carboxylic acids is 1. The second kappa shape index (κ2) is 7.02. The summed E-state index contributed by atoms with van der Waals surface area (Å²) in [7, 11) is -2.58. The molecule has 0 unspecified atom stereocenters. The number of carboxylic acids is 1. The van der Waals surface area contributed by atoms with Gasteiger partial charge in [-0.05, 0) is 31.5 Å². The van der Waals surface area contributed by atoms with Gasteiger partial charge in [-0.2, -0.15) is 0 Å². The Hall–Kier alpha value is -2.39. The summed E-state index contributed by atoms with van der Waals surface area (Å²) in [5.41, 5.74) is 1.12. The second-order valence-corrected chi connectivity index (χ2v) is 6.78. The number of hydrogen-bond acceptors (Lipinski definition) is 6. The highest BCUT2D eigenvalue weighted by atomic mass is 32.2. The predicted octanol–water partition coefficient (Wildman–Crippen LogP) is 1.73. The first-order chi connectivity index (χ1) is 11.3. The van der Waals surface area contributed by atoms with Crippen molar-refractivity contribution in [1.29, 1.82) is 0 Å². The van der Waals surface area contributed by atoms with E-state index in [1.807, 2.05) is 6.92 Å². The molecule has 1 aromatic carbocycles. The first-order valence-electron chi connectivity index (χ1n) is 7.15. The fourth-order valence-electron chi connectivity index (χ4n) is 2.21. The van der Waals surface area contributed by atoms with E-state index in [0.29, 0.717) is 23.4 Å². The maximum Gasteiger partial charge on any atom is 0.339 e. The lowest BCUT2D eigenvalue weighted by molar-refractivity contribution is 0.0693. The molecule has 8 nitrogen and oxygen atoms in total. The molecule has 2 N–H and O–H groups in total. The van der Waals surface area contributed by atoms with Crippen LogP contribution < -0.4 is 9.46 Å². The molecule has 0 spiro atoms. The van der Waals surface area contributed by atoms with Crippen molar-refractivity contribution in [3.63, 3.8) is 0 Å². The number of aryl methyl sites for hydroxylation is 2. The number of sulfonamides is 1. The Bertz CT molecular complexity index is 857. The van der Waals surface area contributed by atoms with Gasteiger partial charge < -0.3 is 14.4 Å². The fraction of sp³-hybridized carbons (Fsp3) is 0.333. The smallest absolute Gasteiger partial charge is 0.339 e. The minimum Gasteiger partial charge on any atom is -0.496 e. The van der Waals surface area contributed by atoms with Gasteiger partial charge in [0.15, 0.2) is 0 Å². The number of methoxy groups -OCH3 is 1. The molecule has 130 valence electrons. The average Bonchev–Trinajstić information content (AvgIpc) is 2.92. The summed E-state index contributed by atoms with van der Waals surface area (Å²) in [5.74, 6) is -0.646. The lowest BCUT2D eigenvalue weighted by Gasteiger charge is -2.10. The molecule has 0 fully saturated rings. The molecule has 24 heavy (non-hydrogen) atoms.